The Balaban J connectivity index is 1.61. The molecule has 3 rings (SSSR count). The van der Waals surface area contributed by atoms with Gasteiger partial charge in [0, 0.05) is 31.5 Å². The van der Waals surface area contributed by atoms with E-state index >= 15 is 0 Å². The third kappa shape index (κ3) is 2.08. The Morgan fingerprint density at radius 2 is 2.19 bits per heavy atom. The van der Waals surface area contributed by atoms with E-state index in [1.807, 2.05) is 18.5 Å². The van der Waals surface area contributed by atoms with Gasteiger partial charge in [-0.25, -0.2) is 9.97 Å². The van der Waals surface area contributed by atoms with Crippen molar-refractivity contribution in [1.29, 1.82) is 0 Å². The summed E-state index contributed by atoms with van der Waals surface area (Å²) in [6, 6.07) is 2.58. The summed E-state index contributed by atoms with van der Waals surface area (Å²) >= 11 is 0. The minimum absolute atomic E-state index is 0.706. The number of nitrogens with zero attached hydrogens (tertiary/aromatic N) is 3. The highest BCUT2D eigenvalue weighted by Crippen LogP contribution is 2.25. The molecule has 0 spiro atoms. The van der Waals surface area contributed by atoms with E-state index < -0.39 is 0 Å². The van der Waals surface area contributed by atoms with Gasteiger partial charge in [0.2, 0.25) is 0 Å². The standard InChI is InChI=1S/C12H18N4/c1-3-10-7-16(8-11(10)13-4-1)9-12-14-5-2-6-15-12/h2,5-6,10-11,13H,1,3-4,7-9H2/t10-,11+/m0/s1. The van der Waals surface area contributed by atoms with Gasteiger partial charge in [0.05, 0.1) is 6.54 Å². The predicted molar refractivity (Wildman–Crippen MR) is 61.8 cm³/mol. The molecule has 0 unspecified atom stereocenters. The monoisotopic (exact) mass is 218 g/mol. The van der Waals surface area contributed by atoms with Crippen molar-refractivity contribution in [2.24, 2.45) is 5.92 Å². The van der Waals surface area contributed by atoms with E-state index in [1.165, 1.54) is 25.9 Å². The zero-order chi connectivity index (χ0) is 10.8. The van der Waals surface area contributed by atoms with Crippen molar-refractivity contribution in [1.82, 2.24) is 20.2 Å². The van der Waals surface area contributed by atoms with Crippen molar-refractivity contribution in [3.63, 3.8) is 0 Å². The Hall–Kier alpha value is -1.00. The summed E-state index contributed by atoms with van der Waals surface area (Å²) in [4.78, 5) is 11.0. The number of likely N-dealkylation sites (tertiary alicyclic amines) is 1. The maximum absolute atomic E-state index is 4.29. The molecule has 0 amide bonds. The first-order chi connectivity index (χ1) is 7.92. The topological polar surface area (TPSA) is 41.1 Å². The summed E-state index contributed by atoms with van der Waals surface area (Å²) < 4.78 is 0. The molecule has 2 saturated heterocycles. The third-order valence-electron chi connectivity index (χ3n) is 3.66. The van der Waals surface area contributed by atoms with Crippen molar-refractivity contribution >= 4 is 0 Å². The van der Waals surface area contributed by atoms with Crippen LogP contribution in [0.15, 0.2) is 18.5 Å². The molecular weight excluding hydrogens is 200 g/mol. The van der Waals surface area contributed by atoms with Crippen LogP contribution in [0.2, 0.25) is 0 Å². The van der Waals surface area contributed by atoms with Crippen LogP contribution in [-0.4, -0.2) is 40.5 Å². The highest BCUT2D eigenvalue weighted by atomic mass is 15.2. The number of rotatable bonds is 2. The van der Waals surface area contributed by atoms with Crippen LogP contribution >= 0.6 is 0 Å². The molecule has 1 N–H and O–H groups in total. The quantitative estimate of drug-likeness (QED) is 0.792. The molecular formula is C12H18N4. The third-order valence-corrected chi connectivity index (χ3v) is 3.66. The Morgan fingerprint density at radius 1 is 1.31 bits per heavy atom. The summed E-state index contributed by atoms with van der Waals surface area (Å²) in [7, 11) is 0. The summed E-state index contributed by atoms with van der Waals surface area (Å²) in [5, 5.41) is 3.61. The summed E-state index contributed by atoms with van der Waals surface area (Å²) in [6.07, 6.45) is 6.36. The lowest BCUT2D eigenvalue weighted by Crippen LogP contribution is -2.40. The molecule has 86 valence electrons. The lowest BCUT2D eigenvalue weighted by atomic mass is 9.94. The first-order valence-corrected chi connectivity index (χ1v) is 6.13. The van der Waals surface area contributed by atoms with Crippen LogP contribution in [0, 0.1) is 5.92 Å². The van der Waals surface area contributed by atoms with E-state index in [2.05, 4.69) is 20.2 Å². The molecule has 0 aliphatic carbocycles. The Kier molecular flexibility index (Phi) is 2.84. The fourth-order valence-corrected chi connectivity index (χ4v) is 2.88. The van der Waals surface area contributed by atoms with Gasteiger partial charge in [-0.05, 0) is 31.4 Å². The SMILES string of the molecule is c1cnc(CN2C[C@@H]3CCCN[C@@H]3C2)nc1. The van der Waals surface area contributed by atoms with Gasteiger partial charge in [0.25, 0.3) is 0 Å². The van der Waals surface area contributed by atoms with Crippen LogP contribution in [0.5, 0.6) is 0 Å². The minimum atomic E-state index is 0.706. The number of hydrogen-bond donors (Lipinski definition) is 1. The molecule has 0 radical (unpaired) electrons. The molecule has 0 aromatic carbocycles. The van der Waals surface area contributed by atoms with E-state index in [9.17, 15) is 0 Å². The normalized spacial score (nSPS) is 30.2. The molecule has 4 nitrogen and oxygen atoms in total. The number of fused-ring (bicyclic) bond motifs is 1. The number of aromatic nitrogens is 2. The largest absolute Gasteiger partial charge is 0.312 e. The van der Waals surface area contributed by atoms with Crippen LogP contribution in [0.25, 0.3) is 0 Å². The van der Waals surface area contributed by atoms with Crippen LogP contribution < -0.4 is 5.32 Å². The second-order valence-corrected chi connectivity index (χ2v) is 4.82. The average molecular weight is 218 g/mol. The van der Waals surface area contributed by atoms with Gasteiger partial charge in [-0.1, -0.05) is 0 Å². The maximum atomic E-state index is 4.29. The van der Waals surface area contributed by atoms with Gasteiger partial charge in [0.15, 0.2) is 0 Å². The van der Waals surface area contributed by atoms with E-state index in [0.29, 0.717) is 6.04 Å². The van der Waals surface area contributed by atoms with Gasteiger partial charge in [-0.3, -0.25) is 4.90 Å². The Morgan fingerprint density at radius 3 is 3.00 bits per heavy atom. The van der Waals surface area contributed by atoms with Gasteiger partial charge in [-0.2, -0.15) is 0 Å². The fraction of sp³-hybridized carbons (Fsp3) is 0.667. The first kappa shape index (κ1) is 10.2. The zero-order valence-corrected chi connectivity index (χ0v) is 9.47. The molecule has 2 fully saturated rings. The van der Waals surface area contributed by atoms with E-state index in [4.69, 9.17) is 0 Å². The van der Waals surface area contributed by atoms with Crippen molar-refractivity contribution < 1.29 is 0 Å². The molecule has 3 heterocycles. The van der Waals surface area contributed by atoms with Gasteiger partial charge >= 0.3 is 0 Å². The minimum Gasteiger partial charge on any atom is -0.312 e. The van der Waals surface area contributed by atoms with Crippen LogP contribution in [0.3, 0.4) is 0 Å². The fourth-order valence-electron chi connectivity index (χ4n) is 2.88. The summed E-state index contributed by atoms with van der Waals surface area (Å²) in [5.74, 6) is 1.79. The zero-order valence-electron chi connectivity index (χ0n) is 9.47. The molecule has 1 aromatic rings. The van der Waals surface area contributed by atoms with Crippen LogP contribution in [-0.2, 0) is 6.54 Å². The Labute approximate surface area is 96.1 Å². The average Bonchev–Trinajstić information content (AvgIpc) is 2.72. The molecule has 2 atom stereocenters. The summed E-state index contributed by atoms with van der Waals surface area (Å²) in [6.45, 7) is 4.45. The van der Waals surface area contributed by atoms with Crippen LogP contribution in [0.4, 0.5) is 0 Å². The molecule has 16 heavy (non-hydrogen) atoms. The predicted octanol–water partition coefficient (Wildman–Crippen LogP) is 0.660. The van der Waals surface area contributed by atoms with Crippen molar-refractivity contribution in [3.8, 4) is 0 Å². The molecule has 2 aliphatic heterocycles. The molecule has 4 heteroatoms. The number of hydrogen-bond acceptors (Lipinski definition) is 4. The number of nitrogens with one attached hydrogen (secondary N) is 1. The molecule has 1 aromatic heterocycles. The maximum Gasteiger partial charge on any atom is 0.142 e. The highest BCUT2D eigenvalue weighted by Gasteiger charge is 2.34. The van der Waals surface area contributed by atoms with Gasteiger partial charge < -0.3 is 5.32 Å². The van der Waals surface area contributed by atoms with Gasteiger partial charge in [0.1, 0.15) is 5.82 Å². The van der Waals surface area contributed by atoms with E-state index in [0.717, 1.165) is 24.8 Å². The van der Waals surface area contributed by atoms with Crippen molar-refractivity contribution in [2.45, 2.75) is 25.4 Å². The van der Waals surface area contributed by atoms with E-state index in [1.54, 1.807) is 0 Å². The molecule has 0 bridgehead atoms. The lowest BCUT2D eigenvalue weighted by molar-refractivity contribution is 0.305. The van der Waals surface area contributed by atoms with Crippen molar-refractivity contribution in [2.75, 3.05) is 19.6 Å². The highest BCUT2D eigenvalue weighted by molar-refractivity contribution is 4.95. The van der Waals surface area contributed by atoms with E-state index in [-0.39, 0.29) is 0 Å². The van der Waals surface area contributed by atoms with Crippen LogP contribution in [0.1, 0.15) is 18.7 Å². The molecule has 2 aliphatic rings. The molecule has 0 saturated carbocycles. The smallest absolute Gasteiger partial charge is 0.142 e. The summed E-state index contributed by atoms with van der Waals surface area (Å²) in [5.41, 5.74) is 0. The lowest BCUT2D eigenvalue weighted by Gasteiger charge is -2.24. The second kappa shape index (κ2) is 4.47. The van der Waals surface area contributed by atoms with Gasteiger partial charge in [-0.15, -0.1) is 0 Å². The number of piperidine rings is 1. The first-order valence-electron chi connectivity index (χ1n) is 6.13. The van der Waals surface area contributed by atoms with Crippen molar-refractivity contribution in [3.05, 3.63) is 24.3 Å². The second-order valence-electron chi connectivity index (χ2n) is 4.82. The Bertz CT molecular complexity index is 326.